The zero-order chi connectivity index (χ0) is 18.3. The molecule has 0 heterocycles. The summed E-state index contributed by atoms with van der Waals surface area (Å²) >= 11 is 0. The van der Waals surface area contributed by atoms with Crippen LogP contribution >= 0.6 is 0 Å². The summed E-state index contributed by atoms with van der Waals surface area (Å²) in [6, 6.07) is 4.44. The third kappa shape index (κ3) is 3.66. The summed E-state index contributed by atoms with van der Waals surface area (Å²) in [5.41, 5.74) is 14.9. The smallest absolute Gasteiger partial charge is 0.322 e. The number of Topliss-reactive ketones (excluding diaryl/α,β-unsaturated/α-hetero) is 1. The molecule has 0 saturated carbocycles. The van der Waals surface area contributed by atoms with Crippen molar-refractivity contribution in [2.45, 2.75) is 24.3 Å². The minimum atomic E-state index is -1.98. The monoisotopic (exact) mass is 332 g/mol. The molecule has 24 heavy (non-hydrogen) atoms. The van der Waals surface area contributed by atoms with E-state index in [9.17, 15) is 19.5 Å². The number of carboxylic acids is 1. The number of hydrogen-bond donors (Lipinski definition) is 5. The Labute approximate surface area is 138 Å². The van der Waals surface area contributed by atoms with Crippen molar-refractivity contribution in [1.82, 2.24) is 0 Å². The molecule has 0 aliphatic carbocycles. The molecule has 0 aliphatic heterocycles. The van der Waals surface area contributed by atoms with E-state index in [1.165, 1.54) is 30.3 Å². The van der Waals surface area contributed by atoms with Crippen LogP contribution in [0.3, 0.4) is 0 Å². The quantitative estimate of drug-likeness (QED) is 0.178. The van der Waals surface area contributed by atoms with Crippen molar-refractivity contribution < 1.29 is 19.5 Å². The average Bonchev–Trinajstić information content (AvgIpc) is 2.55. The van der Waals surface area contributed by atoms with Gasteiger partial charge in [0.05, 0.1) is 6.04 Å². The Bertz CT molecular complexity index is 669. The van der Waals surface area contributed by atoms with Crippen LogP contribution in [-0.2, 0) is 19.8 Å². The normalized spacial score (nSPS) is 14.7. The molecule has 2 unspecified atom stereocenters. The highest BCUT2D eigenvalue weighted by Gasteiger charge is 2.48. The van der Waals surface area contributed by atoms with Crippen molar-refractivity contribution in [2.24, 2.45) is 17.2 Å². The largest absolute Gasteiger partial charge is 0.480 e. The SMILES string of the molecule is N=C(N)c1ccc(C(CC=CN)(C(=O)O)C(=O)C(N)CC=O)cc1. The van der Waals surface area contributed by atoms with Gasteiger partial charge in [0.2, 0.25) is 0 Å². The van der Waals surface area contributed by atoms with E-state index < -0.39 is 23.2 Å². The second-order valence-electron chi connectivity index (χ2n) is 5.21. The molecule has 1 rings (SSSR count). The van der Waals surface area contributed by atoms with Crippen LogP contribution in [0, 0.1) is 5.41 Å². The summed E-state index contributed by atoms with van der Waals surface area (Å²) in [4.78, 5) is 35.3. The molecule has 8 N–H and O–H groups in total. The Morgan fingerprint density at radius 3 is 2.29 bits per heavy atom. The topological polar surface area (TPSA) is 173 Å². The number of ketones is 1. The number of carbonyl (C=O) groups is 3. The minimum absolute atomic E-state index is 0.171. The maximum Gasteiger partial charge on any atom is 0.322 e. The van der Waals surface area contributed by atoms with E-state index in [-0.39, 0.29) is 24.2 Å². The van der Waals surface area contributed by atoms with Crippen molar-refractivity contribution in [3.05, 3.63) is 47.7 Å². The molecule has 1 aromatic carbocycles. The fourth-order valence-corrected chi connectivity index (χ4v) is 2.38. The molecule has 0 aliphatic rings. The molecule has 0 saturated heterocycles. The minimum Gasteiger partial charge on any atom is -0.480 e. The fourth-order valence-electron chi connectivity index (χ4n) is 2.38. The van der Waals surface area contributed by atoms with Crippen LogP contribution in [-0.4, -0.2) is 35.0 Å². The first kappa shape index (κ1) is 19.0. The zero-order valence-corrected chi connectivity index (χ0v) is 12.9. The van der Waals surface area contributed by atoms with Crippen LogP contribution in [0.1, 0.15) is 24.0 Å². The van der Waals surface area contributed by atoms with Gasteiger partial charge in [-0.2, -0.15) is 0 Å². The molecule has 0 fully saturated rings. The maximum atomic E-state index is 12.7. The van der Waals surface area contributed by atoms with E-state index in [1.807, 2.05) is 0 Å². The van der Waals surface area contributed by atoms with Gasteiger partial charge < -0.3 is 27.1 Å². The lowest BCUT2D eigenvalue weighted by Gasteiger charge is -2.29. The van der Waals surface area contributed by atoms with Gasteiger partial charge in [-0.15, -0.1) is 0 Å². The summed E-state index contributed by atoms with van der Waals surface area (Å²) in [6.45, 7) is 0. The summed E-state index contributed by atoms with van der Waals surface area (Å²) in [6.07, 6.45) is 2.45. The van der Waals surface area contributed by atoms with Gasteiger partial charge in [-0.3, -0.25) is 15.0 Å². The summed E-state index contributed by atoms with van der Waals surface area (Å²) in [5, 5.41) is 17.1. The van der Waals surface area contributed by atoms with E-state index in [4.69, 9.17) is 22.6 Å². The van der Waals surface area contributed by atoms with Gasteiger partial charge in [-0.1, -0.05) is 30.3 Å². The number of rotatable bonds is 9. The van der Waals surface area contributed by atoms with Gasteiger partial charge in [-0.05, 0) is 18.2 Å². The molecule has 0 bridgehead atoms. The van der Waals surface area contributed by atoms with Crippen LogP contribution in [0.2, 0.25) is 0 Å². The number of carboxylic acid groups (broad SMARTS) is 1. The molecule has 0 spiro atoms. The van der Waals surface area contributed by atoms with E-state index in [0.29, 0.717) is 11.8 Å². The molecule has 128 valence electrons. The number of carbonyl (C=O) groups excluding carboxylic acids is 2. The highest BCUT2D eigenvalue weighted by Crippen LogP contribution is 2.32. The predicted octanol–water partition coefficient (Wildman–Crippen LogP) is -0.359. The molecule has 8 nitrogen and oxygen atoms in total. The number of allylic oxidation sites excluding steroid dienone is 1. The third-order valence-corrected chi connectivity index (χ3v) is 3.72. The lowest BCUT2D eigenvalue weighted by Crippen LogP contribution is -2.51. The molecule has 2 atom stereocenters. The first-order chi connectivity index (χ1) is 11.3. The number of hydrogen-bond acceptors (Lipinski definition) is 6. The van der Waals surface area contributed by atoms with Gasteiger partial charge in [0.25, 0.3) is 0 Å². The number of benzene rings is 1. The standard InChI is InChI=1S/C16H20N4O4/c17-8-1-7-16(15(23)24,13(22)12(18)6-9-21)11-4-2-10(3-5-11)14(19)20/h1-5,8-9,12H,6-7,17-18H2,(H3,19,20)(H,23,24). The Hall–Kier alpha value is -3.00. The second kappa shape index (κ2) is 8.02. The zero-order valence-electron chi connectivity index (χ0n) is 12.9. The van der Waals surface area contributed by atoms with Gasteiger partial charge in [0.1, 0.15) is 12.1 Å². The van der Waals surface area contributed by atoms with Gasteiger partial charge in [0.15, 0.2) is 11.2 Å². The van der Waals surface area contributed by atoms with E-state index in [1.54, 1.807) is 0 Å². The van der Waals surface area contributed by atoms with Crippen LogP contribution in [0.5, 0.6) is 0 Å². The van der Waals surface area contributed by atoms with Crippen molar-refractivity contribution in [2.75, 3.05) is 0 Å². The van der Waals surface area contributed by atoms with Crippen molar-refractivity contribution >= 4 is 23.9 Å². The lowest BCUT2D eigenvalue weighted by atomic mass is 9.71. The van der Waals surface area contributed by atoms with Crippen molar-refractivity contribution in [3.63, 3.8) is 0 Å². The number of aliphatic carboxylic acids is 1. The first-order valence-electron chi connectivity index (χ1n) is 7.09. The fraction of sp³-hybridized carbons (Fsp3) is 0.250. The Morgan fingerprint density at radius 2 is 1.88 bits per heavy atom. The van der Waals surface area contributed by atoms with Crippen LogP contribution in [0.15, 0.2) is 36.5 Å². The number of nitrogens with one attached hydrogen (secondary N) is 1. The molecule has 8 heteroatoms. The molecule has 0 amide bonds. The average molecular weight is 332 g/mol. The molecule has 1 aromatic rings. The summed E-state index contributed by atoms with van der Waals surface area (Å²) in [7, 11) is 0. The van der Waals surface area contributed by atoms with Crippen LogP contribution < -0.4 is 17.2 Å². The highest BCUT2D eigenvalue weighted by molar-refractivity contribution is 6.12. The van der Waals surface area contributed by atoms with E-state index in [2.05, 4.69) is 0 Å². The number of aldehydes is 1. The Morgan fingerprint density at radius 1 is 1.29 bits per heavy atom. The number of amidine groups is 1. The molecular formula is C16H20N4O4. The van der Waals surface area contributed by atoms with Gasteiger partial charge in [0, 0.05) is 12.0 Å². The summed E-state index contributed by atoms with van der Waals surface area (Å²) in [5.74, 6) is -2.38. The Balaban J connectivity index is 3.50. The molecule has 0 radical (unpaired) electrons. The van der Waals surface area contributed by atoms with E-state index >= 15 is 0 Å². The highest BCUT2D eigenvalue weighted by atomic mass is 16.4. The van der Waals surface area contributed by atoms with Crippen molar-refractivity contribution in [3.8, 4) is 0 Å². The first-order valence-corrected chi connectivity index (χ1v) is 7.09. The molecular weight excluding hydrogens is 312 g/mol. The second-order valence-corrected chi connectivity index (χ2v) is 5.21. The van der Waals surface area contributed by atoms with Gasteiger partial charge >= 0.3 is 5.97 Å². The van der Waals surface area contributed by atoms with Crippen LogP contribution in [0.25, 0.3) is 0 Å². The predicted molar refractivity (Wildman–Crippen MR) is 88.4 cm³/mol. The van der Waals surface area contributed by atoms with Crippen molar-refractivity contribution in [1.29, 1.82) is 5.41 Å². The number of nitrogens with two attached hydrogens (primary N) is 3. The number of nitrogen functional groups attached to an aromatic ring is 1. The summed E-state index contributed by atoms with van der Waals surface area (Å²) < 4.78 is 0. The van der Waals surface area contributed by atoms with Crippen LogP contribution in [0.4, 0.5) is 0 Å². The van der Waals surface area contributed by atoms with Gasteiger partial charge in [-0.25, -0.2) is 0 Å². The molecule has 0 aromatic heterocycles. The van der Waals surface area contributed by atoms with E-state index in [0.717, 1.165) is 6.20 Å². The maximum absolute atomic E-state index is 12.7. The third-order valence-electron chi connectivity index (χ3n) is 3.72. The Kier molecular flexibility index (Phi) is 6.37. The lowest BCUT2D eigenvalue weighted by molar-refractivity contribution is -0.149.